The summed E-state index contributed by atoms with van der Waals surface area (Å²) in [7, 11) is -3.66. The van der Waals surface area contributed by atoms with Crippen LogP contribution in [0.25, 0.3) is 0 Å². The molecule has 1 saturated carbocycles. The maximum Gasteiger partial charge on any atom is 0.335 e. The highest BCUT2D eigenvalue weighted by Crippen LogP contribution is 2.25. The molecule has 116 valence electrons. The fourth-order valence-corrected chi connectivity index (χ4v) is 4.20. The van der Waals surface area contributed by atoms with Gasteiger partial charge in [0.05, 0.1) is 10.5 Å². The predicted octanol–water partition coefficient (Wildman–Crippen LogP) is 2.42. The lowest BCUT2D eigenvalue weighted by atomic mass is 10.1. The molecule has 0 atom stereocenters. The Hall–Kier alpha value is -1.40. The van der Waals surface area contributed by atoms with Crippen molar-refractivity contribution in [3.63, 3.8) is 0 Å². The zero-order chi connectivity index (χ0) is 15.5. The van der Waals surface area contributed by atoms with Crippen LogP contribution in [0.2, 0.25) is 0 Å². The van der Waals surface area contributed by atoms with Crippen LogP contribution < -0.4 is 4.72 Å². The molecule has 0 saturated heterocycles. The number of benzene rings is 1. The minimum atomic E-state index is -3.66. The smallest absolute Gasteiger partial charge is 0.335 e. The summed E-state index contributed by atoms with van der Waals surface area (Å²) in [4.78, 5) is 11.1. The molecule has 1 fully saturated rings. The molecule has 6 heteroatoms. The van der Waals surface area contributed by atoms with Gasteiger partial charge in [-0.15, -0.1) is 0 Å². The van der Waals surface area contributed by atoms with E-state index in [9.17, 15) is 13.2 Å². The molecule has 0 bridgehead atoms. The summed E-state index contributed by atoms with van der Waals surface area (Å²) in [5, 5.41) is 9.03. The normalized spacial score (nSPS) is 16.2. The standard InChI is InChI=1S/C15H21NO4S/c1-2-12-7-8-13(15(17)18)9-14(12)21(19,20)16-10-11-5-3-4-6-11/h7-9,11,16H,2-6,10H2,1H3,(H,17,18). The molecule has 21 heavy (non-hydrogen) atoms. The lowest BCUT2D eigenvalue weighted by Crippen LogP contribution is -2.29. The molecule has 0 unspecified atom stereocenters. The number of hydrogen-bond donors (Lipinski definition) is 2. The van der Waals surface area contributed by atoms with Gasteiger partial charge in [0.1, 0.15) is 0 Å². The van der Waals surface area contributed by atoms with E-state index in [1.807, 2.05) is 6.92 Å². The van der Waals surface area contributed by atoms with Gasteiger partial charge in [-0.05, 0) is 42.9 Å². The Balaban J connectivity index is 2.24. The Bertz CT molecular complexity index is 619. The van der Waals surface area contributed by atoms with Crippen LogP contribution in [0, 0.1) is 5.92 Å². The minimum absolute atomic E-state index is 0.00607. The first-order chi connectivity index (χ1) is 9.94. The fraction of sp³-hybridized carbons (Fsp3) is 0.533. The third kappa shape index (κ3) is 3.83. The van der Waals surface area contributed by atoms with Crippen molar-refractivity contribution in [2.75, 3.05) is 6.54 Å². The van der Waals surface area contributed by atoms with Crippen LogP contribution in [0.5, 0.6) is 0 Å². The molecule has 5 nitrogen and oxygen atoms in total. The summed E-state index contributed by atoms with van der Waals surface area (Å²) < 4.78 is 27.5. The molecule has 0 aromatic heterocycles. The zero-order valence-corrected chi connectivity index (χ0v) is 12.9. The summed E-state index contributed by atoms with van der Waals surface area (Å²) in [6.07, 6.45) is 4.96. The fourth-order valence-electron chi connectivity index (χ4n) is 2.75. The quantitative estimate of drug-likeness (QED) is 0.845. The minimum Gasteiger partial charge on any atom is -0.478 e. The highest BCUT2D eigenvalue weighted by Gasteiger charge is 2.22. The van der Waals surface area contributed by atoms with Gasteiger partial charge in [-0.25, -0.2) is 17.9 Å². The number of aromatic carboxylic acids is 1. The molecular weight excluding hydrogens is 290 g/mol. The summed E-state index contributed by atoms with van der Waals surface area (Å²) in [6, 6.07) is 4.27. The second-order valence-electron chi connectivity index (χ2n) is 5.48. The molecule has 0 aliphatic heterocycles. The number of carbonyl (C=O) groups is 1. The van der Waals surface area contributed by atoms with Crippen molar-refractivity contribution in [2.24, 2.45) is 5.92 Å². The lowest BCUT2D eigenvalue weighted by Gasteiger charge is -2.14. The molecule has 1 aromatic carbocycles. The highest BCUT2D eigenvalue weighted by molar-refractivity contribution is 7.89. The first-order valence-corrected chi connectivity index (χ1v) is 8.78. The van der Waals surface area contributed by atoms with E-state index in [0.29, 0.717) is 24.4 Å². The van der Waals surface area contributed by atoms with Crippen molar-refractivity contribution in [3.8, 4) is 0 Å². The molecule has 0 heterocycles. The van der Waals surface area contributed by atoms with Crippen LogP contribution in [0.1, 0.15) is 48.5 Å². The van der Waals surface area contributed by atoms with Crippen LogP contribution in [0.15, 0.2) is 23.1 Å². The average molecular weight is 311 g/mol. The topological polar surface area (TPSA) is 83.5 Å². The molecule has 0 spiro atoms. The Labute approximate surface area is 125 Å². The van der Waals surface area contributed by atoms with Gasteiger partial charge >= 0.3 is 5.97 Å². The molecule has 0 radical (unpaired) electrons. The second-order valence-corrected chi connectivity index (χ2v) is 7.22. The van der Waals surface area contributed by atoms with Gasteiger partial charge in [-0.2, -0.15) is 0 Å². The first-order valence-electron chi connectivity index (χ1n) is 7.30. The lowest BCUT2D eigenvalue weighted by molar-refractivity contribution is 0.0696. The number of carboxylic acids is 1. The Morgan fingerprint density at radius 2 is 2.00 bits per heavy atom. The van der Waals surface area contributed by atoms with Gasteiger partial charge in [0.25, 0.3) is 0 Å². The van der Waals surface area contributed by atoms with E-state index < -0.39 is 16.0 Å². The molecule has 2 N–H and O–H groups in total. The van der Waals surface area contributed by atoms with E-state index in [1.54, 1.807) is 6.07 Å². The van der Waals surface area contributed by atoms with Gasteiger partial charge < -0.3 is 5.11 Å². The third-order valence-electron chi connectivity index (χ3n) is 4.02. The first kappa shape index (κ1) is 16.0. The number of aryl methyl sites for hydroxylation is 1. The second kappa shape index (κ2) is 6.58. The van der Waals surface area contributed by atoms with Gasteiger partial charge in [0.2, 0.25) is 10.0 Å². The number of nitrogens with one attached hydrogen (secondary N) is 1. The maximum absolute atomic E-state index is 12.4. The van der Waals surface area contributed by atoms with E-state index in [4.69, 9.17) is 5.11 Å². The number of hydrogen-bond acceptors (Lipinski definition) is 3. The molecule has 1 aliphatic rings. The van der Waals surface area contributed by atoms with E-state index in [-0.39, 0.29) is 10.5 Å². The van der Waals surface area contributed by atoms with Crippen LogP contribution >= 0.6 is 0 Å². The van der Waals surface area contributed by atoms with Crippen molar-refractivity contribution in [2.45, 2.75) is 43.9 Å². The van der Waals surface area contributed by atoms with E-state index in [2.05, 4.69) is 4.72 Å². The summed E-state index contributed by atoms with van der Waals surface area (Å²) in [5.74, 6) is -0.725. The van der Waals surface area contributed by atoms with Crippen molar-refractivity contribution >= 4 is 16.0 Å². The monoisotopic (exact) mass is 311 g/mol. The van der Waals surface area contributed by atoms with Crippen molar-refractivity contribution in [1.82, 2.24) is 4.72 Å². The predicted molar refractivity (Wildman–Crippen MR) is 79.9 cm³/mol. The molecule has 0 amide bonds. The van der Waals surface area contributed by atoms with Crippen molar-refractivity contribution in [3.05, 3.63) is 29.3 Å². The number of sulfonamides is 1. The number of carboxylic acid groups (broad SMARTS) is 1. The Kier molecular flexibility index (Phi) is 5.00. The van der Waals surface area contributed by atoms with Crippen LogP contribution in [-0.2, 0) is 16.4 Å². The third-order valence-corrected chi connectivity index (χ3v) is 5.53. The van der Waals surface area contributed by atoms with Crippen LogP contribution in [0.4, 0.5) is 0 Å². The molecule has 1 aromatic rings. The summed E-state index contributed by atoms with van der Waals surface area (Å²) >= 11 is 0. The van der Waals surface area contributed by atoms with E-state index >= 15 is 0 Å². The van der Waals surface area contributed by atoms with Crippen LogP contribution in [-0.4, -0.2) is 26.0 Å². The van der Waals surface area contributed by atoms with Gasteiger partial charge in [0.15, 0.2) is 0 Å². The SMILES string of the molecule is CCc1ccc(C(=O)O)cc1S(=O)(=O)NCC1CCCC1. The summed E-state index contributed by atoms with van der Waals surface area (Å²) in [6.45, 7) is 2.29. The molecular formula is C15H21NO4S. The highest BCUT2D eigenvalue weighted by atomic mass is 32.2. The average Bonchev–Trinajstić information content (AvgIpc) is 2.98. The summed E-state index contributed by atoms with van der Waals surface area (Å²) in [5.41, 5.74) is 0.632. The van der Waals surface area contributed by atoms with Gasteiger partial charge in [-0.3, -0.25) is 0 Å². The van der Waals surface area contributed by atoms with Crippen molar-refractivity contribution in [1.29, 1.82) is 0 Å². The number of rotatable bonds is 6. The van der Waals surface area contributed by atoms with Gasteiger partial charge in [-0.1, -0.05) is 25.8 Å². The largest absolute Gasteiger partial charge is 0.478 e. The molecule has 1 aliphatic carbocycles. The van der Waals surface area contributed by atoms with E-state index in [0.717, 1.165) is 25.7 Å². The van der Waals surface area contributed by atoms with Crippen LogP contribution in [0.3, 0.4) is 0 Å². The molecule has 2 rings (SSSR count). The van der Waals surface area contributed by atoms with Gasteiger partial charge in [0, 0.05) is 6.54 Å². The van der Waals surface area contributed by atoms with E-state index in [1.165, 1.54) is 12.1 Å². The van der Waals surface area contributed by atoms with Crippen molar-refractivity contribution < 1.29 is 18.3 Å². The Morgan fingerprint density at radius 3 is 2.57 bits per heavy atom. The maximum atomic E-state index is 12.4. The zero-order valence-electron chi connectivity index (χ0n) is 12.1. The Morgan fingerprint density at radius 1 is 1.33 bits per heavy atom.